The van der Waals surface area contributed by atoms with E-state index in [1.54, 1.807) is 7.11 Å². The molecular weight excluding hydrogens is 448 g/mol. The lowest BCUT2D eigenvalue weighted by Crippen LogP contribution is -2.46. The molecular formula is C27H29ClN4O2. The Kier molecular flexibility index (Phi) is 7.38. The number of methoxy groups -OCH3 is 1. The number of amides is 2. The highest BCUT2D eigenvalue weighted by Gasteiger charge is 2.23. The van der Waals surface area contributed by atoms with E-state index in [2.05, 4.69) is 39.9 Å². The van der Waals surface area contributed by atoms with Crippen LogP contribution in [0.2, 0.25) is 0 Å². The molecule has 7 heteroatoms. The number of imidazole rings is 1. The van der Waals surface area contributed by atoms with Crippen LogP contribution in [0.1, 0.15) is 35.0 Å². The van der Waals surface area contributed by atoms with Crippen LogP contribution >= 0.6 is 12.4 Å². The average molecular weight is 477 g/mol. The van der Waals surface area contributed by atoms with Gasteiger partial charge in [0.25, 0.3) is 0 Å². The number of nitrogens with one attached hydrogen (secondary N) is 3. The van der Waals surface area contributed by atoms with Gasteiger partial charge in [0.2, 0.25) is 0 Å². The number of H-pyrrole nitrogens is 1. The van der Waals surface area contributed by atoms with E-state index in [1.807, 2.05) is 48.5 Å². The van der Waals surface area contributed by atoms with E-state index in [-0.39, 0.29) is 30.5 Å². The number of aromatic nitrogens is 2. The third-order valence-corrected chi connectivity index (χ3v) is 6.32. The zero-order chi connectivity index (χ0) is 22.6. The quantitative estimate of drug-likeness (QED) is 0.361. The van der Waals surface area contributed by atoms with Gasteiger partial charge in [-0.15, -0.1) is 12.4 Å². The van der Waals surface area contributed by atoms with Crippen molar-refractivity contribution in [1.29, 1.82) is 0 Å². The van der Waals surface area contributed by atoms with Crippen LogP contribution in [0.4, 0.5) is 4.79 Å². The molecule has 4 aromatic rings. The van der Waals surface area contributed by atoms with Crippen LogP contribution in [0, 0.1) is 0 Å². The second-order valence-electron chi connectivity index (χ2n) is 8.57. The number of fused-ring (bicyclic) bond motifs is 2. The fraction of sp³-hybridized carbons (Fsp3) is 0.259. The molecule has 1 heterocycles. The van der Waals surface area contributed by atoms with Crippen LogP contribution in [-0.2, 0) is 19.3 Å². The summed E-state index contributed by atoms with van der Waals surface area (Å²) in [6.45, 7) is 0. The first-order valence-corrected chi connectivity index (χ1v) is 11.4. The highest BCUT2D eigenvalue weighted by molar-refractivity contribution is 5.85. The lowest BCUT2D eigenvalue weighted by molar-refractivity contribution is 0.231. The normalized spacial score (nSPS) is 15.6. The summed E-state index contributed by atoms with van der Waals surface area (Å²) >= 11 is 0. The van der Waals surface area contributed by atoms with Gasteiger partial charge >= 0.3 is 6.03 Å². The van der Waals surface area contributed by atoms with Crippen molar-refractivity contribution >= 4 is 29.5 Å². The van der Waals surface area contributed by atoms with Crippen LogP contribution < -0.4 is 15.4 Å². The zero-order valence-corrected chi connectivity index (χ0v) is 19.9. The van der Waals surface area contributed by atoms with E-state index in [4.69, 9.17) is 9.72 Å². The van der Waals surface area contributed by atoms with Crippen molar-refractivity contribution < 1.29 is 9.53 Å². The maximum atomic E-state index is 13.0. The minimum atomic E-state index is -0.290. The Balaban J connectivity index is 0.00000274. The van der Waals surface area contributed by atoms with Crippen molar-refractivity contribution in [1.82, 2.24) is 20.6 Å². The number of nitrogens with zero attached hydrogens (tertiary/aromatic N) is 1. The molecule has 0 fully saturated rings. The number of rotatable bonds is 6. The molecule has 0 spiro atoms. The first-order chi connectivity index (χ1) is 16.2. The van der Waals surface area contributed by atoms with E-state index >= 15 is 0 Å². The zero-order valence-electron chi connectivity index (χ0n) is 19.1. The van der Waals surface area contributed by atoms with Crippen LogP contribution in [0.15, 0.2) is 72.8 Å². The molecule has 34 heavy (non-hydrogen) atoms. The Morgan fingerprint density at radius 1 is 1.06 bits per heavy atom. The number of benzene rings is 3. The van der Waals surface area contributed by atoms with Crippen molar-refractivity contribution in [2.75, 3.05) is 7.11 Å². The van der Waals surface area contributed by atoms with Gasteiger partial charge in [-0.1, -0.05) is 48.5 Å². The van der Waals surface area contributed by atoms with Gasteiger partial charge in [0.05, 0.1) is 24.2 Å². The number of para-hydroxylation sites is 2. The molecule has 1 aliphatic rings. The van der Waals surface area contributed by atoms with Crippen molar-refractivity contribution in [3.63, 3.8) is 0 Å². The molecule has 5 rings (SSSR count). The lowest BCUT2D eigenvalue weighted by atomic mass is 9.88. The summed E-state index contributed by atoms with van der Waals surface area (Å²) in [6.07, 6.45) is 3.40. The van der Waals surface area contributed by atoms with Gasteiger partial charge in [0.15, 0.2) is 0 Å². The molecule has 1 aliphatic carbocycles. The Morgan fingerprint density at radius 3 is 2.56 bits per heavy atom. The average Bonchev–Trinajstić information content (AvgIpc) is 3.28. The van der Waals surface area contributed by atoms with E-state index in [0.29, 0.717) is 6.42 Å². The highest BCUT2D eigenvalue weighted by Crippen LogP contribution is 2.23. The van der Waals surface area contributed by atoms with E-state index < -0.39 is 0 Å². The fourth-order valence-electron chi connectivity index (χ4n) is 4.56. The molecule has 3 N–H and O–H groups in total. The van der Waals surface area contributed by atoms with E-state index in [0.717, 1.165) is 47.4 Å². The molecule has 1 aromatic heterocycles. The van der Waals surface area contributed by atoms with Gasteiger partial charge in [-0.2, -0.15) is 0 Å². The molecule has 0 saturated carbocycles. The van der Waals surface area contributed by atoms with Crippen LogP contribution in [0.5, 0.6) is 5.75 Å². The van der Waals surface area contributed by atoms with Gasteiger partial charge in [-0.25, -0.2) is 9.78 Å². The molecule has 0 radical (unpaired) electrons. The molecule has 1 unspecified atom stereocenters. The molecule has 6 nitrogen and oxygen atoms in total. The predicted octanol–water partition coefficient (Wildman–Crippen LogP) is 5.13. The minimum absolute atomic E-state index is 0. The maximum absolute atomic E-state index is 13.0. The van der Waals surface area contributed by atoms with Crippen molar-refractivity contribution in [2.24, 2.45) is 0 Å². The van der Waals surface area contributed by atoms with E-state index in [1.165, 1.54) is 11.1 Å². The minimum Gasteiger partial charge on any atom is -0.497 e. The highest BCUT2D eigenvalue weighted by atomic mass is 35.5. The fourth-order valence-corrected chi connectivity index (χ4v) is 4.56. The number of ether oxygens (including phenoxy) is 1. The Labute approximate surface area is 205 Å². The summed E-state index contributed by atoms with van der Waals surface area (Å²) in [7, 11) is 1.65. The smallest absolute Gasteiger partial charge is 0.315 e. The van der Waals surface area contributed by atoms with Crippen LogP contribution in [0.3, 0.4) is 0 Å². The summed E-state index contributed by atoms with van der Waals surface area (Å²) in [5, 5.41) is 6.35. The third kappa shape index (κ3) is 5.34. The molecule has 3 aromatic carbocycles. The monoisotopic (exact) mass is 476 g/mol. The number of aryl methyl sites for hydroxylation is 1. The SMILES string of the molecule is COc1ccc(C[C@@H](NC(=O)NC2CCc3ccccc3C2)c2nc3ccccc3[nH]2)cc1.Cl. The summed E-state index contributed by atoms with van der Waals surface area (Å²) in [5.41, 5.74) is 5.64. The number of carbonyl (C=O) groups excluding carboxylic acids is 1. The molecule has 176 valence electrons. The van der Waals surface area contributed by atoms with Crippen molar-refractivity contribution in [2.45, 2.75) is 37.8 Å². The second kappa shape index (κ2) is 10.6. The van der Waals surface area contributed by atoms with Crippen molar-refractivity contribution in [3.05, 3.63) is 95.3 Å². The number of hydrogen-bond donors (Lipinski definition) is 3. The molecule has 2 atom stereocenters. The Morgan fingerprint density at radius 2 is 1.79 bits per heavy atom. The number of hydrogen-bond acceptors (Lipinski definition) is 3. The number of halogens is 1. The summed E-state index contributed by atoms with van der Waals surface area (Å²) in [5.74, 6) is 1.55. The first kappa shape index (κ1) is 23.6. The number of aromatic amines is 1. The van der Waals surface area contributed by atoms with Gasteiger partial charge in [0.1, 0.15) is 11.6 Å². The standard InChI is InChI=1S/C27H28N4O2.ClH/c1-33-22-14-10-18(11-15-22)16-25(26-29-23-8-4-5-9-24(23)30-26)31-27(32)28-21-13-12-19-6-2-3-7-20(19)17-21;/h2-11,14-15,21,25H,12-13,16-17H2,1H3,(H,29,30)(H2,28,31,32);1H/t21?,25-;/m1./s1. The van der Waals surface area contributed by atoms with Crippen molar-refractivity contribution in [3.8, 4) is 5.75 Å². The van der Waals surface area contributed by atoms with Crippen LogP contribution in [0.25, 0.3) is 11.0 Å². The number of urea groups is 1. The van der Waals surface area contributed by atoms with Gasteiger partial charge in [-0.3, -0.25) is 0 Å². The summed E-state index contributed by atoms with van der Waals surface area (Å²) in [4.78, 5) is 21.2. The summed E-state index contributed by atoms with van der Waals surface area (Å²) in [6, 6.07) is 24.0. The predicted molar refractivity (Wildman–Crippen MR) is 137 cm³/mol. The number of carbonyl (C=O) groups is 1. The third-order valence-electron chi connectivity index (χ3n) is 6.32. The second-order valence-corrected chi connectivity index (χ2v) is 8.57. The first-order valence-electron chi connectivity index (χ1n) is 11.4. The summed E-state index contributed by atoms with van der Waals surface area (Å²) < 4.78 is 5.27. The molecule has 0 aliphatic heterocycles. The van der Waals surface area contributed by atoms with Gasteiger partial charge in [0, 0.05) is 6.04 Å². The molecule has 0 saturated heterocycles. The van der Waals surface area contributed by atoms with E-state index in [9.17, 15) is 4.79 Å². The molecule has 2 amide bonds. The largest absolute Gasteiger partial charge is 0.497 e. The van der Waals surface area contributed by atoms with Gasteiger partial charge < -0.3 is 20.4 Å². The molecule has 0 bridgehead atoms. The lowest BCUT2D eigenvalue weighted by Gasteiger charge is -2.26. The maximum Gasteiger partial charge on any atom is 0.315 e. The van der Waals surface area contributed by atoms with Crippen LogP contribution in [-0.4, -0.2) is 29.2 Å². The topological polar surface area (TPSA) is 79.0 Å². The Bertz CT molecular complexity index is 1220. The van der Waals surface area contributed by atoms with Gasteiger partial charge in [-0.05, 0) is 66.6 Å². The Hall–Kier alpha value is -3.51.